The molecule has 0 aliphatic carbocycles. The van der Waals surface area contributed by atoms with E-state index in [2.05, 4.69) is 13.2 Å². The Kier molecular flexibility index (Phi) is 9.98. The summed E-state index contributed by atoms with van der Waals surface area (Å²) in [6, 6.07) is 6.08. The second-order valence-electron chi connectivity index (χ2n) is 11.7. The molecule has 3 saturated heterocycles. The van der Waals surface area contributed by atoms with Gasteiger partial charge in [-0.1, -0.05) is 43.5 Å². The zero-order chi connectivity index (χ0) is 29.8. The predicted molar refractivity (Wildman–Crippen MR) is 158 cm³/mol. The Morgan fingerprint density at radius 3 is 2.54 bits per heavy atom. The maximum Gasteiger partial charge on any atom is 0.312 e. The fraction of sp³-hybridized carbons (Fsp3) is 0.594. The van der Waals surface area contributed by atoms with E-state index >= 15 is 0 Å². The van der Waals surface area contributed by atoms with E-state index in [1.54, 1.807) is 46.2 Å². The summed E-state index contributed by atoms with van der Waals surface area (Å²) in [5.74, 6) is -2.63. The van der Waals surface area contributed by atoms with Gasteiger partial charge in [-0.05, 0) is 69.2 Å². The normalized spacial score (nSPS) is 29.9. The van der Waals surface area contributed by atoms with Crippen molar-refractivity contribution in [2.45, 2.75) is 76.0 Å². The van der Waals surface area contributed by atoms with E-state index in [1.165, 1.54) is 0 Å². The number of rotatable bonds is 15. The maximum absolute atomic E-state index is 14.6. The Balaban J connectivity index is 1.72. The minimum absolute atomic E-state index is 0.0690. The smallest absolute Gasteiger partial charge is 0.312 e. The number of halogens is 1. The number of allylic oxidation sites excluding steroid dienone is 1. The molecule has 0 radical (unpaired) electrons. The summed E-state index contributed by atoms with van der Waals surface area (Å²) in [5.41, 5.74) is -1.44. The number of aliphatic hydroxyl groups excluding tert-OH is 1. The Hall–Kier alpha value is -2.68. The highest BCUT2D eigenvalue weighted by molar-refractivity contribution is 6.30. The number of aliphatic hydroxyl groups is 1. The summed E-state index contributed by atoms with van der Waals surface area (Å²) in [7, 11) is 0. The topological polar surface area (TPSA) is 96.4 Å². The van der Waals surface area contributed by atoms with Crippen LogP contribution in [-0.2, 0) is 23.9 Å². The summed E-state index contributed by atoms with van der Waals surface area (Å²) in [4.78, 5) is 45.7. The molecule has 9 heteroatoms. The Morgan fingerprint density at radius 1 is 1.17 bits per heavy atom. The van der Waals surface area contributed by atoms with E-state index in [1.807, 2.05) is 13.8 Å². The van der Waals surface area contributed by atoms with E-state index in [4.69, 9.17) is 21.1 Å². The van der Waals surface area contributed by atoms with Crippen LogP contribution in [0.5, 0.6) is 0 Å². The Bertz CT molecular complexity index is 1140. The number of carbonyl (C=O) groups is 3. The zero-order valence-electron chi connectivity index (χ0n) is 24.2. The van der Waals surface area contributed by atoms with Crippen LogP contribution in [0.1, 0.15) is 58.8 Å². The minimum atomic E-state index is -1.15. The molecule has 0 aromatic heterocycles. The number of esters is 1. The molecule has 1 spiro atoms. The number of unbranched alkanes of at least 4 members (excludes halogenated alkanes) is 4. The first kappa shape index (κ1) is 31.3. The Morgan fingerprint density at radius 2 is 1.88 bits per heavy atom. The van der Waals surface area contributed by atoms with E-state index in [9.17, 15) is 19.5 Å². The highest BCUT2D eigenvalue weighted by Crippen LogP contribution is 2.65. The number of nitrogens with zero attached hydrogens (tertiary/aromatic N) is 2. The van der Waals surface area contributed by atoms with Crippen LogP contribution in [0.25, 0.3) is 0 Å². The van der Waals surface area contributed by atoms with E-state index in [0.29, 0.717) is 42.9 Å². The number of amides is 2. The third kappa shape index (κ3) is 5.71. The molecule has 8 nitrogen and oxygen atoms in total. The van der Waals surface area contributed by atoms with Crippen molar-refractivity contribution in [1.82, 2.24) is 4.90 Å². The maximum atomic E-state index is 14.6. The number of fused-ring (bicyclic) bond motifs is 1. The molecule has 3 heterocycles. The minimum Gasteiger partial charge on any atom is -0.465 e. The SMILES string of the molecule is C=CCCCOC(=O)[C@@H]1[C@H]2C(=O)N(CCCCCCO)C(C(=O)N(CC=C)c3ccc(Cl)cc3)C23CC(C)[C@@]1(C)O3. The molecule has 3 aliphatic heterocycles. The average Bonchev–Trinajstić information content (AvgIpc) is 3.46. The van der Waals surface area contributed by atoms with Crippen molar-refractivity contribution >= 4 is 35.1 Å². The van der Waals surface area contributed by atoms with E-state index in [-0.39, 0.29) is 37.5 Å². The van der Waals surface area contributed by atoms with Gasteiger partial charge in [0.1, 0.15) is 17.6 Å². The van der Waals surface area contributed by atoms with Crippen LogP contribution in [0.2, 0.25) is 5.02 Å². The number of anilines is 1. The molecule has 41 heavy (non-hydrogen) atoms. The zero-order valence-corrected chi connectivity index (χ0v) is 25.0. The lowest BCUT2D eigenvalue weighted by atomic mass is 9.62. The van der Waals surface area contributed by atoms with Gasteiger partial charge in [-0.3, -0.25) is 14.4 Å². The molecule has 1 aromatic carbocycles. The number of carbonyl (C=O) groups excluding carboxylic acids is 3. The molecule has 4 rings (SSSR count). The highest BCUT2D eigenvalue weighted by Gasteiger charge is 2.80. The van der Waals surface area contributed by atoms with Gasteiger partial charge in [-0.2, -0.15) is 0 Å². The molecule has 224 valence electrons. The van der Waals surface area contributed by atoms with Crippen LogP contribution in [0.3, 0.4) is 0 Å². The van der Waals surface area contributed by atoms with E-state index < -0.39 is 35.0 Å². The number of likely N-dealkylation sites (tertiary alicyclic amines) is 1. The lowest BCUT2D eigenvalue weighted by Gasteiger charge is -2.37. The summed E-state index contributed by atoms with van der Waals surface area (Å²) >= 11 is 6.13. The van der Waals surface area contributed by atoms with Crippen LogP contribution in [0.15, 0.2) is 49.6 Å². The molecule has 3 aliphatic rings. The van der Waals surface area contributed by atoms with Gasteiger partial charge in [-0.25, -0.2) is 0 Å². The first-order valence-corrected chi connectivity index (χ1v) is 15.1. The predicted octanol–water partition coefficient (Wildman–Crippen LogP) is 4.93. The molecule has 3 unspecified atom stereocenters. The van der Waals surface area contributed by atoms with Crippen molar-refractivity contribution in [3.8, 4) is 0 Å². The molecule has 1 N–H and O–H groups in total. The molecular weight excluding hydrogens is 544 g/mol. The second-order valence-corrected chi connectivity index (χ2v) is 12.1. The van der Waals surface area contributed by atoms with Gasteiger partial charge in [0.25, 0.3) is 5.91 Å². The van der Waals surface area contributed by atoms with Crippen molar-refractivity contribution in [2.75, 3.05) is 31.2 Å². The van der Waals surface area contributed by atoms with Gasteiger partial charge in [-0.15, -0.1) is 13.2 Å². The van der Waals surface area contributed by atoms with Crippen LogP contribution >= 0.6 is 11.6 Å². The number of hydrogen-bond acceptors (Lipinski definition) is 6. The average molecular weight is 587 g/mol. The van der Waals surface area contributed by atoms with Gasteiger partial charge in [0.05, 0.1) is 18.1 Å². The third-order valence-electron chi connectivity index (χ3n) is 9.12. The highest BCUT2D eigenvalue weighted by atomic mass is 35.5. The van der Waals surface area contributed by atoms with Crippen molar-refractivity contribution in [3.05, 3.63) is 54.6 Å². The van der Waals surface area contributed by atoms with Gasteiger partial charge in [0.2, 0.25) is 5.91 Å². The number of benzene rings is 1. The summed E-state index contributed by atoms with van der Waals surface area (Å²) in [6.45, 7) is 12.4. The van der Waals surface area contributed by atoms with Gasteiger partial charge in [0, 0.05) is 30.4 Å². The standard InChI is InChI=1S/C32H43ClN2O6/c1-5-7-12-20-40-30(39)26-25-28(37)35(18-10-8-9-11-19-36)27(32(25)21-22(3)31(26,4)41-32)29(38)34(17-6-2)24-15-13-23(33)14-16-24/h5-6,13-16,22,25-27,36H,1-2,7-12,17-21H2,3-4H3/t22?,25-,26-,27?,31+,32?/m0/s1. The van der Waals surface area contributed by atoms with Crippen molar-refractivity contribution in [3.63, 3.8) is 0 Å². The molecule has 0 saturated carbocycles. The van der Waals surface area contributed by atoms with Crippen LogP contribution in [0.4, 0.5) is 5.69 Å². The van der Waals surface area contributed by atoms with Crippen LogP contribution in [0, 0.1) is 17.8 Å². The lowest BCUT2D eigenvalue weighted by Crippen LogP contribution is -2.57. The van der Waals surface area contributed by atoms with Crippen LogP contribution < -0.4 is 4.90 Å². The largest absolute Gasteiger partial charge is 0.465 e. The first-order valence-electron chi connectivity index (χ1n) is 14.7. The quantitative estimate of drug-likeness (QED) is 0.178. The number of hydrogen-bond donors (Lipinski definition) is 1. The van der Waals surface area contributed by atoms with Gasteiger partial charge >= 0.3 is 5.97 Å². The van der Waals surface area contributed by atoms with Crippen molar-refractivity contribution in [1.29, 1.82) is 0 Å². The van der Waals surface area contributed by atoms with Crippen molar-refractivity contribution < 1.29 is 29.0 Å². The first-order chi connectivity index (χ1) is 19.7. The monoisotopic (exact) mass is 586 g/mol. The summed E-state index contributed by atoms with van der Waals surface area (Å²) < 4.78 is 12.5. The molecule has 6 atom stereocenters. The fourth-order valence-corrected chi connectivity index (χ4v) is 7.20. The molecule has 2 bridgehead atoms. The fourth-order valence-electron chi connectivity index (χ4n) is 7.07. The third-order valence-corrected chi connectivity index (χ3v) is 9.37. The molecule has 2 amide bonds. The van der Waals surface area contributed by atoms with Gasteiger partial charge in [0.15, 0.2) is 0 Å². The van der Waals surface area contributed by atoms with Crippen LogP contribution in [-0.4, -0.2) is 71.3 Å². The second kappa shape index (κ2) is 13.1. The lowest BCUT2D eigenvalue weighted by molar-refractivity contribution is -0.161. The van der Waals surface area contributed by atoms with E-state index in [0.717, 1.165) is 19.3 Å². The van der Waals surface area contributed by atoms with Crippen molar-refractivity contribution in [2.24, 2.45) is 17.8 Å². The molecular formula is C32H43ClN2O6. The molecule has 3 fully saturated rings. The Labute approximate surface area is 248 Å². The molecule has 1 aromatic rings. The van der Waals surface area contributed by atoms with Gasteiger partial charge < -0.3 is 24.4 Å². The summed E-state index contributed by atoms with van der Waals surface area (Å²) in [6.07, 6.45) is 8.27. The number of ether oxygens (including phenoxy) is 2. The summed E-state index contributed by atoms with van der Waals surface area (Å²) in [5, 5.41) is 9.72.